The first-order valence-electron chi connectivity index (χ1n) is 18.4. The van der Waals surface area contributed by atoms with Gasteiger partial charge in [-0.15, -0.1) is 30.7 Å². The summed E-state index contributed by atoms with van der Waals surface area (Å²) in [7, 11) is -45.7. The highest BCUT2D eigenvalue weighted by Gasteiger charge is 2.27. The van der Waals surface area contributed by atoms with Gasteiger partial charge in [-0.05, 0) is 60.7 Å². The Kier molecular flexibility index (Phi) is 18.4. The summed E-state index contributed by atoms with van der Waals surface area (Å²) in [5.74, 6) is -3.54. The summed E-state index contributed by atoms with van der Waals surface area (Å²) in [4.78, 5) is -6.53. The minimum absolute atomic E-state index is 0.330. The Morgan fingerprint density at radius 2 is 0.595 bits per heavy atom. The second-order valence-electron chi connectivity index (χ2n) is 13.7. The molecule has 10 N–H and O–H groups in total. The second kappa shape index (κ2) is 22.4. The van der Waals surface area contributed by atoms with Gasteiger partial charge in [-0.1, -0.05) is 0 Å². The lowest BCUT2D eigenvalue weighted by Crippen LogP contribution is -2.16. The number of nitrogens with zero attached hydrogens (tertiary/aromatic N) is 6. The van der Waals surface area contributed by atoms with E-state index < -0.39 is 203 Å². The van der Waals surface area contributed by atoms with Gasteiger partial charge in [0.15, 0.2) is 29.5 Å². The molecular weight excluding hydrogens is 1190 g/mol. The van der Waals surface area contributed by atoms with Crippen LogP contribution in [-0.2, 0) is 104 Å². The molecule has 0 heterocycles. The molecule has 0 fully saturated rings. The molecule has 0 saturated heterocycles. The fourth-order valence-electron chi connectivity index (χ4n) is 5.30. The summed E-state index contributed by atoms with van der Waals surface area (Å²) in [6.45, 7) is -3.49. The lowest BCUT2D eigenvalue weighted by atomic mass is 10.2. The monoisotopic (exact) mass is 1220 g/mol. The highest BCUT2D eigenvalue weighted by Crippen LogP contribution is 2.46. The van der Waals surface area contributed by atoms with Crippen LogP contribution in [0.25, 0.3) is 0 Å². The first kappa shape index (κ1) is 61.0. The molecule has 0 saturated carbocycles. The van der Waals surface area contributed by atoms with Gasteiger partial charge in [-0.25, -0.2) is 37.8 Å². The van der Waals surface area contributed by atoms with E-state index in [9.17, 15) is 89.4 Å². The van der Waals surface area contributed by atoms with Crippen LogP contribution in [0.2, 0.25) is 0 Å². The lowest BCUT2D eigenvalue weighted by molar-refractivity contribution is 0.282. The number of sulfone groups is 3. The Bertz CT molecular complexity index is 3880. The van der Waals surface area contributed by atoms with Crippen molar-refractivity contribution in [2.45, 2.75) is 29.4 Å². The van der Waals surface area contributed by atoms with Gasteiger partial charge in [0.25, 0.3) is 30.4 Å². The van der Waals surface area contributed by atoms with Gasteiger partial charge in [0.1, 0.15) is 48.8 Å². The van der Waals surface area contributed by atoms with Crippen molar-refractivity contribution in [2.75, 3.05) is 48.5 Å². The summed E-state index contributed by atoms with van der Waals surface area (Å²) in [6, 6.07) is 5.70. The molecule has 0 aromatic heterocycles. The van der Waals surface area contributed by atoms with Crippen LogP contribution in [0.4, 0.5) is 45.5 Å². The summed E-state index contributed by atoms with van der Waals surface area (Å²) < 4.78 is 285. The maximum atomic E-state index is 12.8. The first-order valence-corrected chi connectivity index (χ1v) is 31.7. The Balaban J connectivity index is 1.96. The van der Waals surface area contributed by atoms with Crippen LogP contribution < -0.4 is 11.5 Å². The number of nitrogen functional groups attached to an aromatic ring is 2. The Labute approximate surface area is 418 Å². The van der Waals surface area contributed by atoms with Crippen LogP contribution in [0.3, 0.4) is 0 Å². The predicted molar refractivity (Wildman–Crippen MR) is 245 cm³/mol. The average molecular weight is 1230 g/mol. The third kappa shape index (κ3) is 17.3. The number of azo groups is 3. The zero-order valence-corrected chi connectivity index (χ0v) is 43.1. The summed E-state index contributed by atoms with van der Waals surface area (Å²) in [6.07, 6.45) is 0. The number of benzene rings is 4. The third-order valence-electron chi connectivity index (χ3n) is 8.58. The molecule has 74 heavy (non-hydrogen) atoms. The topological polar surface area (TPSA) is 583 Å². The van der Waals surface area contributed by atoms with E-state index in [0.29, 0.717) is 54.6 Å². The molecule has 0 aliphatic carbocycles. The molecular formula is C30H32N8O27S9. The van der Waals surface area contributed by atoms with Crippen LogP contribution in [0.15, 0.2) is 121 Å². The maximum Gasteiger partial charge on any atom is 0.397 e. The van der Waals surface area contributed by atoms with Crippen molar-refractivity contribution in [1.82, 2.24) is 0 Å². The van der Waals surface area contributed by atoms with E-state index in [1.165, 1.54) is 0 Å². The summed E-state index contributed by atoms with van der Waals surface area (Å²) in [5.41, 5.74) is 5.91. The van der Waals surface area contributed by atoms with Crippen LogP contribution in [0.5, 0.6) is 0 Å². The minimum atomic E-state index is -5.47. The van der Waals surface area contributed by atoms with E-state index in [4.69, 9.17) is 25.1 Å². The molecule has 35 nitrogen and oxygen atoms in total. The SMILES string of the molecule is Nc1c(/N=N/c2ccc(S(=O)(=O)CCOS(=O)(=O)O)cc2S(=O)(=O)O)cc(/N=N/c2ccc(S(=O)(=O)CCOS(=O)(=O)O)cc2S(=O)(=O)O)c(N)c1/N=N/c1ccc(S(=O)(=O)CCOS(=O)(=O)O)cc1S(=O)(=O)O. The van der Waals surface area contributed by atoms with Crippen molar-refractivity contribution in [1.29, 1.82) is 0 Å². The number of hydrogen-bond acceptors (Lipinski definition) is 29. The number of nitrogens with two attached hydrogens (primary N) is 2. The molecule has 0 aliphatic heterocycles. The van der Waals surface area contributed by atoms with Crippen LogP contribution in [0.1, 0.15) is 0 Å². The van der Waals surface area contributed by atoms with E-state index in [1.54, 1.807) is 0 Å². The second-order valence-corrected chi connectivity index (χ2v) is 27.5. The van der Waals surface area contributed by atoms with Crippen LogP contribution >= 0.6 is 0 Å². The smallest absolute Gasteiger partial charge is 0.395 e. The molecule has 44 heteroatoms. The normalized spacial score (nSPS) is 13.9. The lowest BCUT2D eigenvalue weighted by Gasteiger charge is -2.11. The Hall–Kier alpha value is -5.53. The van der Waals surface area contributed by atoms with Gasteiger partial charge in [0, 0.05) is 0 Å². The van der Waals surface area contributed by atoms with Gasteiger partial charge < -0.3 is 11.5 Å². The van der Waals surface area contributed by atoms with Gasteiger partial charge in [0.05, 0.1) is 63.1 Å². The fraction of sp³-hybridized carbons (Fsp3) is 0.200. The van der Waals surface area contributed by atoms with Gasteiger partial charge in [0.2, 0.25) is 0 Å². The molecule has 4 aromatic rings. The number of hydrogen-bond donors (Lipinski definition) is 8. The van der Waals surface area contributed by atoms with E-state index in [2.05, 4.69) is 43.2 Å². The van der Waals surface area contributed by atoms with E-state index >= 15 is 0 Å². The number of rotatable bonds is 24. The highest BCUT2D eigenvalue weighted by molar-refractivity contribution is 7.92. The summed E-state index contributed by atoms with van der Waals surface area (Å²) in [5, 5.41) is 22.1. The molecule has 0 unspecified atom stereocenters. The molecule has 0 atom stereocenters. The molecule has 0 radical (unpaired) electrons. The molecule has 4 rings (SSSR count). The molecule has 0 spiro atoms. The minimum Gasteiger partial charge on any atom is -0.395 e. The largest absolute Gasteiger partial charge is 0.397 e. The van der Waals surface area contributed by atoms with Crippen molar-refractivity contribution >= 4 is 137 Å². The molecule has 0 bridgehead atoms. The van der Waals surface area contributed by atoms with Crippen molar-refractivity contribution in [2.24, 2.45) is 30.7 Å². The number of anilines is 2. The van der Waals surface area contributed by atoms with Crippen molar-refractivity contribution in [3.8, 4) is 0 Å². The molecule has 0 aliphatic rings. The van der Waals surface area contributed by atoms with E-state index in [1.807, 2.05) is 0 Å². The molecule has 0 amide bonds. The third-order valence-corrected chi connectivity index (χ3v) is 17.7. The zero-order valence-electron chi connectivity index (χ0n) is 35.8. The predicted octanol–water partition coefficient (Wildman–Crippen LogP) is 1.62. The quantitative estimate of drug-likeness (QED) is 0.0281. The average Bonchev–Trinajstić information content (AvgIpc) is 3.23. The zero-order chi connectivity index (χ0) is 56.3. The van der Waals surface area contributed by atoms with Crippen molar-refractivity contribution in [3.63, 3.8) is 0 Å². The summed E-state index contributed by atoms with van der Waals surface area (Å²) >= 11 is 0. The van der Waals surface area contributed by atoms with Gasteiger partial charge in [-0.2, -0.15) is 50.5 Å². The van der Waals surface area contributed by atoms with Gasteiger partial charge >= 0.3 is 31.2 Å². The van der Waals surface area contributed by atoms with Crippen LogP contribution in [0, 0.1) is 0 Å². The standard InChI is InChI=1S/C30H32N8O27S9/c31-28-23(36-33-20-4-1-17(13-25(20)69(45,46)47)66(39,40)10-7-63-72(54,55)56)16-24(37-34-21-5-2-18(14-26(21)70(48,49)50)67(41,42)11-8-64-73(57,58)59)29(32)30(28)38-35-22-6-3-19(15-27(22)71(51,52)53)68(43,44)12-9-65-74(60,61)62/h1-6,13-16H,7-12,31-32H2,(H,45,46,47)(H,48,49,50)(H,51,52,53)(H,54,55,56)(H,57,58,59)(H,60,61,62)/b36-33+,37-34+,38-35+. The highest BCUT2D eigenvalue weighted by atomic mass is 32.3. The van der Waals surface area contributed by atoms with E-state index in [0.717, 1.165) is 6.07 Å². The Morgan fingerprint density at radius 3 is 0.838 bits per heavy atom. The molecule has 408 valence electrons. The maximum absolute atomic E-state index is 12.8. The first-order chi connectivity index (χ1) is 33.5. The van der Waals surface area contributed by atoms with Crippen LogP contribution in [-0.4, -0.2) is 140 Å². The fourth-order valence-corrected chi connectivity index (χ4v) is 12.0. The molecule has 4 aromatic carbocycles. The van der Waals surface area contributed by atoms with Crippen molar-refractivity contribution in [3.05, 3.63) is 60.7 Å². The van der Waals surface area contributed by atoms with Crippen molar-refractivity contribution < 1.29 is 116 Å². The Morgan fingerprint density at radius 1 is 0.351 bits per heavy atom. The van der Waals surface area contributed by atoms with Gasteiger partial charge in [-0.3, -0.25) is 27.3 Å². The van der Waals surface area contributed by atoms with E-state index in [-0.39, 0.29) is 0 Å².